The number of nitrogens with one attached hydrogen (secondary N) is 1. The Labute approximate surface area is 131 Å². The number of benzene rings is 2. The maximum absolute atomic E-state index is 13.3. The summed E-state index contributed by atoms with van der Waals surface area (Å²) in [6.07, 6.45) is 1.08. The maximum Gasteiger partial charge on any atom is 0.125 e. The second-order valence-corrected chi connectivity index (χ2v) is 6.24. The molecule has 0 fully saturated rings. The maximum atomic E-state index is 13.3. The highest BCUT2D eigenvalue weighted by Crippen LogP contribution is 2.27. The van der Waals surface area contributed by atoms with Gasteiger partial charge in [-0.05, 0) is 48.6 Å². The van der Waals surface area contributed by atoms with Crippen molar-refractivity contribution in [3.05, 3.63) is 64.4 Å². The van der Waals surface area contributed by atoms with E-state index in [0.717, 1.165) is 12.0 Å². The average Bonchev–Trinajstić information content (AvgIpc) is 2.43. The highest BCUT2D eigenvalue weighted by molar-refractivity contribution is 6.33. The Bertz CT molecular complexity index is 593. The van der Waals surface area contributed by atoms with Gasteiger partial charge in [-0.1, -0.05) is 49.7 Å². The summed E-state index contributed by atoms with van der Waals surface area (Å²) in [5, 5.41) is 3.78. The van der Waals surface area contributed by atoms with Gasteiger partial charge in [-0.3, -0.25) is 0 Å². The van der Waals surface area contributed by atoms with Gasteiger partial charge in [0.15, 0.2) is 0 Å². The van der Waals surface area contributed by atoms with Crippen molar-refractivity contribution in [3.63, 3.8) is 0 Å². The molecule has 0 heterocycles. The molecule has 0 aliphatic rings. The van der Waals surface area contributed by atoms with E-state index < -0.39 is 0 Å². The van der Waals surface area contributed by atoms with E-state index in [1.807, 2.05) is 6.92 Å². The Kier molecular flexibility index (Phi) is 5.24. The van der Waals surface area contributed by atoms with Crippen LogP contribution in [0.4, 0.5) is 10.1 Å². The van der Waals surface area contributed by atoms with E-state index in [0.29, 0.717) is 16.6 Å². The quantitative estimate of drug-likeness (QED) is 0.730. The van der Waals surface area contributed by atoms with Crippen molar-refractivity contribution in [1.29, 1.82) is 0 Å². The number of hydrogen-bond donors (Lipinski definition) is 1. The van der Waals surface area contributed by atoms with Crippen LogP contribution in [-0.4, -0.2) is 0 Å². The lowest BCUT2D eigenvalue weighted by atomic mass is 10.00. The summed E-state index contributed by atoms with van der Waals surface area (Å²) < 4.78 is 13.3. The molecule has 0 aliphatic heterocycles. The minimum atomic E-state index is -0.290. The molecular formula is C18H21ClFN. The molecule has 1 unspecified atom stereocenters. The number of hydrogen-bond acceptors (Lipinski definition) is 1. The van der Waals surface area contributed by atoms with E-state index in [4.69, 9.17) is 11.6 Å². The molecule has 1 atom stereocenters. The molecule has 1 nitrogen and oxygen atoms in total. The van der Waals surface area contributed by atoms with Gasteiger partial charge >= 0.3 is 0 Å². The molecule has 0 saturated heterocycles. The molecule has 2 aromatic rings. The van der Waals surface area contributed by atoms with Gasteiger partial charge < -0.3 is 5.32 Å². The van der Waals surface area contributed by atoms with Crippen LogP contribution in [0, 0.1) is 11.7 Å². The third-order valence-corrected chi connectivity index (χ3v) is 3.75. The van der Waals surface area contributed by atoms with Gasteiger partial charge in [0.2, 0.25) is 0 Å². The predicted molar refractivity (Wildman–Crippen MR) is 88.4 cm³/mol. The Morgan fingerprint density at radius 2 is 1.71 bits per heavy atom. The number of rotatable bonds is 5. The van der Waals surface area contributed by atoms with Gasteiger partial charge in [0.05, 0.1) is 10.7 Å². The standard InChI is InChI=1S/C18H21ClFN/c1-12(2)10-14-4-6-15(7-5-14)13(3)21-18-11-16(20)8-9-17(18)19/h4-9,11-13,21H,10H2,1-3H3. The Balaban J connectivity index is 2.09. The summed E-state index contributed by atoms with van der Waals surface area (Å²) in [5.41, 5.74) is 3.11. The third kappa shape index (κ3) is 4.47. The molecule has 2 aromatic carbocycles. The molecule has 112 valence electrons. The van der Waals surface area contributed by atoms with Crippen LogP contribution >= 0.6 is 11.6 Å². The van der Waals surface area contributed by atoms with Gasteiger partial charge in [0.1, 0.15) is 5.82 Å². The normalized spacial score (nSPS) is 12.5. The zero-order valence-electron chi connectivity index (χ0n) is 12.7. The lowest BCUT2D eigenvalue weighted by Crippen LogP contribution is -2.07. The number of anilines is 1. The molecule has 0 bridgehead atoms. The van der Waals surface area contributed by atoms with E-state index in [1.54, 1.807) is 6.07 Å². The summed E-state index contributed by atoms with van der Waals surface area (Å²) in [7, 11) is 0. The van der Waals surface area contributed by atoms with Crippen LogP contribution in [0.2, 0.25) is 5.02 Å². The molecule has 21 heavy (non-hydrogen) atoms. The predicted octanol–water partition coefficient (Wildman–Crippen LogP) is 5.85. The minimum Gasteiger partial charge on any atom is -0.377 e. The second kappa shape index (κ2) is 6.95. The van der Waals surface area contributed by atoms with Crippen LogP contribution in [0.3, 0.4) is 0 Å². The van der Waals surface area contributed by atoms with E-state index >= 15 is 0 Å². The van der Waals surface area contributed by atoms with Crippen molar-refractivity contribution >= 4 is 17.3 Å². The van der Waals surface area contributed by atoms with E-state index in [9.17, 15) is 4.39 Å². The first-order valence-corrected chi connectivity index (χ1v) is 7.64. The topological polar surface area (TPSA) is 12.0 Å². The third-order valence-electron chi connectivity index (χ3n) is 3.42. The SMILES string of the molecule is CC(C)Cc1ccc(C(C)Nc2cc(F)ccc2Cl)cc1. The molecule has 0 aliphatic carbocycles. The molecule has 0 spiro atoms. The average molecular weight is 306 g/mol. The summed E-state index contributed by atoms with van der Waals surface area (Å²) in [6.45, 7) is 6.47. The lowest BCUT2D eigenvalue weighted by Gasteiger charge is -2.17. The Hall–Kier alpha value is -1.54. The van der Waals surface area contributed by atoms with Crippen molar-refractivity contribution in [2.45, 2.75) is 33.2 Å². The van der Waals surface area contributed by atoms with Crippen molar-refractivity contribution < 1.29 is 4.39 Å². The Morgan fingerprint density at radius 3 is 2.33 bits per heavy atom. The summed E-state index contributed by atoms with van der Waals surface area (Å²) >= 11 is 6.08. The number of halogens is 2. The lowest BCUT2D eigenvalue weighted by molar-refractivity contribution is 0.628. The van der Waals surface area contributed by atoms with E-state index in [-0.39, 0.29) is 11.9 Å². The molecule has 0 aromatic heterocycles. The summed E-state index contributed by atoms with van der Waals surface area (Å²) in [4.78, 5) is 0. The highest BCUT2D eigenvalue weighted by atomic mass is 35.5. The van der Waals surface area contributed by atoms with Gasteiger partial charge in [-0.15, -0.1) is 0 Å². The zero-order valence-corrected chi connectivity index (χ0v) is 13.4. The zero-order chi connectivity index (χ0) is 15.4. The van der Waals surface area contributed by atoms with Gasteiger partial charge in [-0.2, -0.15) is 0 Å². The molecular weight excluding hydrogens is 285 g/mol. The van der Waals surface area contributed by atoms with Gasteiger partial charge in [0, 0.05) is 6.04 Å². The Morgan fingerprint density at radius 1 is 1.05 bits per heavy atom. The molecule has 0 saturated carbocycles. The molecule has 3 heteroatoms. The summed E-state index contributed by atoms with van der Waals surface area (Å²) in [6, 6.07) is 13.0. The van der Waals surface area contributed by atoms with Gasteiger partial charge in [0.25, 0.3) is 0 Å². The van der Waals surface area contributed by atoms with E-state index in [1.165, 1.54) is 17.7 Å². The molecule has 0 radical (unpaired) electrons. The van der Waals surface area contributed by atoms with Crippen LogP contribution in [0.5, 0.6) is 0 Å². The smallest absolute Gasteiger partial charge is 0.125 e. The van der Waals surface area contributed by atoms with Crippen molar-refractivity contribution in [3.8, 4) is 0 Å². The minimum absolute atomic E-state index is 0.0670. The largest absolute Gasteiger partial charge is 0.377 e. The van der Waals surface area contributed by atoms with Gasteiger partial charge in [-0.25, -0.2) is 4.39 Å². The summed E-state index contributed by atoms with van der Waals surface area (Å²) in [5.74, 6) is 0.360. The van der Waals surface area contributed by atoms with Crippen molar-refractivity contribution in [1.82, 2.24) is 0 Å². The van der Waals surface area contributed by atoms with Crippen LogP contribution in [-0.2, 0) is 6.42 Å². The fourth-order valence-electron chi connectivity index (χ4n) is 2.34. The van der Waals surface area contributed by atoms with E-state index in [2.05, 4.69) is 43.4 Å². The highest BCUT2D eigenvalue weighted by Gasteiger charge is 2.09. The molecule has 0 amide bonds. The first kappa shape index (κ1) is 15.8. The van der Waals surface area contributed by atoms with Crippen LogP contribution in [0.25, 0.3) is 0 Å². The van der Waals surface area contributed by atoms with Crippen LogP contribution in [0.15, 0.2) is 42.5 Å². The fourth-order valence-corrected chi connectivity index (χ4v) is 2.51. The van der Waals surface area contributed by atoms with Crippen molar-refractivity contribution in [2.75, 3.05) is 5.32 Å². The van der Waals surface area contributed by atoms with Crippen LogP contribution in [0.1, 0.15) is 37.9 Å². The fraction of sp³-hybridized carbons (Fsp3) is 0.333. The first-order chi connectivity index (χ1) is 9.95. The monoisotopic (exact) mass is 305 g/mol. The van der Waals surface area contributed by atoms with Crippen LogP contribution < -0.4 is 5.32 Å². The molecule has 1 N–H and O–H groups in total. The molecule has 2 rings (SSSR count). The second-order valence-electron chi connectivity index (χ2n) is 5.83. The first-order valence-electron chi connectivity index (χ1n) is 7.26. The van der Waals surface area contributed by atoms with Crippen molar-refractivity contribution in [2.24, 2.45) is 5.92 Å².